The Morgan fingerprint density at radius 2 is 2.28 bits per heavy atom. The molecule has 0 saturated carbocycles. The SMILES string of the molecule is COc1cc2c(cc1F)NCC1C(C)CCCN21. The average Bonchev–Trinajstić information content (AvgIpc) is 2.38. The second kappa shape index (κ2) is 4.34. The molecule has 98 valence electrons. The van der Waals surface area contributed by atoms with E-state index in [1.54, 1.807) is 6.07 Å². The molecular formula is C14H19FN2O. The fraction of sp³-hybridized carbons (Fsp3) is 0.571. The molecule has 0 bridgehead atoms. The van der Waals surface area contributed by atoms with Crippen LogP contribution in [0.3, 0.4) is 0 Å². The summed E-state index contributed by atoms with van der Waals surface area (Å²) in [5.41, 5.74) is 1.97. The van der Waals surface area contributed by atoms with Crippen LogP contribution in [-0.2, 0) is 0 Å². The molecule has 1 fully saturated rings. The topological polar surface area (TPSA) is 24.5 Å². The molecule has 1 N–H and O–H groups in total. The first kappa shape index (κ1) is 11.6. The Bertz CT molecular complexity index is 463. The van der Waals surface area contributed by atoms with Gasteiger partial charge in [0.1, 0.15) is 0 Å². The van der Waals surface area contributed by atoms with E-state index < -0.39 is 0 Å². The molecular weight excluding hydrogens is 231 g/mol. The molecule has 3 nitrogen and oxygen atoms in total. The van der Waals surface area contributed by atoms with E-state index in [1.807, 2.05) is 6.07 Å². The zero-order chi connectivity index (χ0) is 12.7. The zero-order valence-electron chi connectivity index (χ0n) is 10.9. The van der Waals surface area contributed by atoms with Crippen molar-refractivity contribution in [3.05, 3.63) is 17.9 Å². The second-order valence-electron chi connectivity index (χ2n) is 5.27. The summed E-state index contributed by atoms with van der Waals surface area (Å²) in [6.07, 6.45) is 2.48. The number of anilines is 2. The van der Waals surface area contributed by atoms with Crippen molar-refractivity contribution in [3.63, 3.8) is 0 Å². The molecule has 1 saturated heterocycles. The lowest BCUT2D eigenvalue weighted by atomic mass is 9.88. The molecule has 4 heteroatoms. The van der Waals surface area contributed by atoms with Gasteiger partial charge in [-0.1, -0.05) is 6.92 Å². The smallest absolute Gasteiger partial charge is 0.167 e. The Balaban J connectivity index is 2.02. The van der Waals surface area contributed by atoms with E-state index >= 15 is 0 Å². The summed E-state index contributed by atoms with van der Waals surface area (Å²) in [4.78, 5) is 2.40. The molecule has 1 aromatic rings. The standard InChI is InChI=1S/C14H19FN2O/c1-9-4-3-5-17-12-7-14(18-2)10(15)6-11(12)16-8-13(9)17/h6-7,9,13,16H,3-5,8H2,1-2H3. The van der Waals surface area contributed by atoms with Crippen molar-refractivity contribution in [1.29, 1.82) is 0 Å². The largest absolute Gasteiger partial charge is 0.494 e. The predicted molar refractivity (Wildman–Crippen MR) is 71.0 cm³/mol. The maximum atomic E-state index is 13.7. The van der Waals surface area contributed by atoms with Crippen LogP contribution in [0.5, 0.6) is 5.75 Å². The van der Waals surface area contributed by atoms with Crippen LogP contribution in [0.2, 0.25) is 0 Å². The van der Waals surface area contributed by atoms with E-state index in [1.165, 1.54) is 20.0 Å². The van der Waals surface area contributed by atoms with Gasteiger partial charge in [0.05, 0.1) is 18.5 Å². The fourth-order valence-electron chi connectivity index (χ4n) is 3.15. The van der Waals surface area contributed by atoms with E-state index in [0.29, 0.717) is 17.7 Å². The van der Waals surface area contributed by atoms with Crippen molar-refractivity contribution in [3.8, 4) is 5.75 Å². The molecule has 2 heterocycles. The molecule has 0 amide bonds. The van der Waals surface area contributed by atoms with E-state index in [9.17, 15) is 4.39 Å². The lowest BCUT2D eigenvalue weighted by Gasteiger charge is -2.45. The van der Waals surface area contributed by atoms with Crippen LogP contribution in [0.1, 0.15) is 19.8 Å². The molecule has 2 aliphatic heterocycles. The predicted octanol–water partition coefficient (Wildman–Crippen LogP) is 2.86. The van der Waals surface area contributed by atoms with Crippen LogP contribution in [0.15, 0.2) is 12.1 Å². The second-order valence-corrected chi connectivity index (χ2v) is 5.27. The van der Waals surface area contributed by atoms with E-state index in [4.69, 9.17) is 4.74 Å². The Labute approximate surface area is 107 Å². The molecule has 18 heavy (non-hydrogen) atoms. The van der Waals surface area contributed by atoms with Gasteiger partial charge in [-0.25, -0.2) is 4.39 Å². The molecule has 0 aromatic heterocycles. The quantitative estimate of drug-likeness (QED) is 0.829. The third kappa shape index (κ3) is 1.71. The Hall–Kier alpha value is -1.45. The molecule has 0 aliphatic carbocycles. The molecule has 1 aromatic carbocycles. The number of halogens is 1. The molecule has 2 atom stereocenters. The summed E-state index contributed by atoms with van der Waals surface area (Å²) in [6, 6.07) is 3.88. The third-order valence-corrected chi connectivity index (χ3v) is 4.20. The van der Waals surface area contributed by atoms with Crippen LogP contribution >= 0.6 is 0 Å². The van der Waals surface area contributed by atoms with Gasteiger partial charge >= 0.3 is 0 Å². The highest BCUT2D eigenvalue weighted by Gasteiger charge is 2.33. The first-order valence-electron chi connectivity index (χ1n) is 6.58. The number of fused-ring (bicyclic) bond motifs is 3. The molecule has 0 spiro atoms. The van der Waals surface area contributed by atoms with Gasteiger partial charge in [0.25, 0.3) is 0 Å². The normalized spacial score (nSPS) is 26.1. The van der Waals surface area contributed by atoms with Crippen LogP contribution in [0.4, 0.5) is 15.8 Å². The van der Waals surface area contributed by atoms with Gasteiger partial charge in [-0.15, -0.1) is 0 Å². The summed E-state index contributed by atoms with van der Waals surface area (Å²) < 4.78 is 18.8. The van der Waals surface area contributed by atoms with E-state index in [0.717, 1.165) is 24.5 Å². The fourth-order valence-corrected chi connectivity index (χ4v) is 3.15. The summed E-state index contributed by atoms with van der Waals surface area (Å²) in [7, 11) is 1.51. The molecule has 2 aliphatic rings. The van der Waals surface area contributed by atoms with Gasteiger partial charge in [-0.2, -0.15) is 0 Å². The minimum atomic E-state index is -0.299. The summed E-state index contributed by atoms with van der Waals surface area (Å²) >= 11 is 0. The first-order valence-corrected chi connectivity index (χ1v) is 6.58. The molecule has 3 rings (SSSR count). The van der Waals surface area contributed by atoms with Gasteiger partial charge < -0.3 is 15.0 Å². The number of nitrogens with one attached hydrogen (secondary N) is 1. The molecule has 0 radical (unpaired) electrons. The number of rotatable bonds is 1. The number of hydrogen-bond acceptors (Lipinski definition) is 3. The Morgan fingerprint density at radius 3 is 3.06 bits per heavy atom. The summed E-state index contributed by atoms with van der Waals surface area (Å²) in [5, 5.41) is 3.35. The van der Waals surface area contributed by atoms with Crippen molar-refractivity contribution in [1.82, 2.24) is 0 Å². The maximum Gasteiger partial charge on any atom is 0.167 e. The summed E-state index contributed by atoms with van der Waals surface area (Å²) in [5.74, 6) is 0.706. The van der Waals surface area contributed by atoms with Gasteiger partial charge in [0, 0.05) is 31.3 Å². The van der Waals surface area contributed by atoms with Crippen LogP contribution < -0.4 is 15.0 Å². The van der Waals surface area contributed by atoms with Gasteiger partial charge in [0.15, 0.2) is 11.6 Å². The van der Waals surface area contributed by atoms with Crippen molar-refractivity contribution in [2.24, 2.45) is 5.92 Å². The lowest BCUT2D eigenvalue weighted by Crippen LogP contribution is -2.51. The number of ether oxygens (including phenoxy) is 1. The van der Waals surface area contributed by atoms with Crippen molar-refractivity contribution in [2.45, 2.75) is 25.8 Å². The average molecular weight is 250 g/mol. The van der Waals surface area contributed by atoms with Crippen LogP contribution in [-0.4, -0.2) is 26.2 Å². The third-order valence-electron chi connectivity index (χ3n) is 4.20. The number of nitrogens with zero attached hydrogens (tertiary/aromatic N) is 1. The number of benzene rings is 1. The molecule has 2 unspecified atom stereocenters. The Morgan fingerprint density at radius 1 is 1.44 bits per heavy atom. The number of methoxy groups -OCH3 is 1. The minimum Gasteiger partial charge on any atom is -0.494 e. The minimum absolute atomic E-state index is 0.299. The highest BCUT2D eigenvalue weighted by molar-refractivity contribution is 5.75. The van der Waals surface area contributed by atoms with Gasteiger partial charge in [-0.3, -0.25) is 0 Å². The van der Waals surface area contributed by atoms with Crippen LogP contribution in [0, 0.1) is 11.7 Å². The van der Waals surface area contributed by atoms with Crippen molar-refractivity contribution >= 4 is 11.4 Å². The van der Waals surface area contributed by atoms with Crippen molar-refractivity contribution in [2.75, 3.05) is 30.4 Å². The van der Waals surface area contributed by atoms with Gasteiger partial charge in [-0.05, 0) is 18.8 Å². The van der Waals surface area contributed by atoms with E-state index in [2.05, 4.69) is 17.1 Å². The first-order chi connectivity index (χ1) is 8.70. The number of hydrogen-bond donors (Lipinski definition) is 1. The lowest BCUT2D eigenvalue weighted by molar-refractivity contribution is 0.348. The van der Waals surface area contributed by atoms with Crippen molar-refractivity contribution < 1.29 is 9.13 Å². The maximum absolute atomic E-state index is 13.7. The number of piperidine rings is 1. The highest BCUT2D eigenvalue weighted by atomic mass is 19.1. The van der Waals surface area contributed by atoms with E-state index in [-0.39, 0.29) is 5.82 Å². The monoisotopic (exact) mass is 250 g/mol. The van der Waals surface area contributed by atoms with Crippen LogP contribution in [0.25, 0.3) is 0 Å². The summed E-state index contributed by atoms with van der Waals surface area (Å²) in [6.45, 7) is 4.25. The zero-order valence-corrected chi connectivity index (χ0v) is 10.9. The highest BCUT2D eigenvalue weighted by Crippen LogP contribution is 2.40. The van der Waals surface area contributed by atoms with Gasteiger partial charge in [0.2, 0.25) is 0 Å². The Kier molecular flexibility index (Phi) is 2.80.